The third-order valence-corrected chi connectivity index (χ3v) is 2.56. The van der Waals surface area contributed by atoms with Crippen LogP contribution in [0.2, 0.25) is 5.02 Å². The van der Waals surface area contributed by atoms with Gasteiger partial charge in [-0.25, -0.2) is 0 Å². The Morgan fingerprint density at radius 1 is 1.33 bits per heavy atom. The summed E-state index contributed by atoms with van der Waals surface area (Å²) in [6, 6.07) is 7.74. The topological polar surface area (TPSA) is 17.1 Å². The Hall–Kier alpha value is -0.820. The van der Waals surface area contributed by atoms with Crippen LogP contribution in [0.1, 0.15) is 17.9 Å². The number of carbonyl (C=O) groups is 1. The molecule has 0 N–H and O–H groups in total. The summed E-state index contributed by atoms with van der Waals surface area (Å²) in [4.78, 5) is 10.4. The van der Waals surface area contributed by atoms with Gasteiger partial charge in [0.15, 0.2) is 0 Å². The minimum absolute atomic E-state index is 0.256. The third kappa shape index (κ3) is 1.37. The molecule has 2 heteroatoms. The minimum Gasteiger partial charge on any atom is -0.303 e. The smallest absolute Gasteiger partial charge is 0.123 e. The normalized spacial score (nSPS) is 26.8. The molecule has 1 aromatic carbocycles. The van der Waals surface area contributed by atoms with Crippen LogP contribution in [-0.2, 0) is 4.79 Å². The molecule has 1 aliphatic rings. The molecule has 0 bridgehead atoms. The summed E-state index contributed by atoms with van der Waals surface area (Å²) in [6.45, 7) is 0. The fourth-order valence-corrected chi connectivity index (χ4v) is 1.58. The van der Waals surface area contributed by atoms with E-state index in [4.69, 9.17) is 11.6 Å². The summed E-state index contributed by atoms with van der Waals surface area (Å²) >= 11 is 5.74. The van der Waals surface area contributed by atoms with E-state index < -0.39 is 0 Å². The van der Waals surface area contributed by atoms with Gasteiger partial charge in [0.05, 0.1) is 0 Å². The van der Waals surface area contributed by atoms with Gasteiger partial charge in [0.2, 0.25) is 0 Å². The highest BCUT2D eigenvalue weighted by molar-refractivity contribution is 6.30. The SMILES string of the molecule is O=C[C@H]1C[C@@H]1c1ccc(Cl)cc1. The first kappa shape index (κ1) is 7.81. The van der Waals surface area contributed by atoms with Gasteiger partial charge in [0.1, 0.15) is 6.29 Å². The van der Waals surface area contributed by atoms with Gasteiger partial charge in [-0.15, -0.1) is 0 Å². The van der Waals surface area contributed by atoms with Crippen molar-refractivity contribution in [2.24, 2.45) is 5.92 Å². The minimum atomic E-state index is 0.256. The lowest BCUT2D eigenvalue weighted by Crippen LogP contribution is -1.83. The zero-order valence-corrected chi connectivity index (χ0v) is 7.29. The Bertz CT molecular complexity index is 291. The van der Waals surface area contributed by atoms with Gasteiger partial charge in [0, 0.05) is 10.9 Å². The lowest BCUT2D eigenvalue weighted by Gasteiger charge is -1.96. The van der Waals surface area contributed by atoms with E-state index in [2.05, 4.69) is 0 Å². The molecular formula is C10H9ClO. The summed E-state index contributed by atoms with van der Waals surface area (Å²) < 4.78 is 0. The summed E-state index contributed by atoms with van der Waals surface area (Å²) in [5.74, 6) is 0.714. The Morgan fingerprint density at radius 2 is 2.00 bits per heavy atom. The van der Waals surface area contributed by atoms with E-state index in [1.54, 1.807) is 0 Å². The van der Waals surface area contributed by atoms with Crippen molar-refractivity contribution in [3.05, 3.63) is 34.9 Å². The molecule has 0 radical (unpaired) electrons. The van der Waals surface area contributed by atoms with Crippen molar-refractivity contribution in [1.29, 1.82) is 0 Å². The standard InChI is InChI=1S/C10H9ClO/c11-9-3-1-7(2-4-9)10-5-8(10)6-12/h1-4,6,8,10H,5H2/t8-,10-/m1/s1. The van der Waals surface area contributed by atoms with E-state index in [9.17, 15) is 4.79 Å². The van der Waals surface area contributed by atoms with E-state index >= 15 is 0 Å². The first-order valence-corrected chi connectivity index (χ1v) is 4.40. The van der Waals surface area contributed by atoms with Crippen LogP contribution in [0.4, 0.5) is 0 Å². The molecule has 1 aromatic rings. The second-order valence-corrected chi connectivity index (χ2v) is 3.63. The number of hydrogen-bond acceptors (Lipinski definition) is 1. The van der Waals surface area contributed by atoms with Crippen LogP contribution in [0, 0.1) is 5.92 Å². The second kappa shape index (κ2) is 2.91. The van der Waals surface area contributed by atoms with Crippen LogP contribution in [-0.4, -0.2) is 6.29 Å². The molecule has 0 spiro atoms. The molecule has 0 aliphatic heterocycles. The lowest BCUT2D eigenvalue weighted by molar-refractivity contribution is -0.108. The van der Waals surface area contributed by atoms with Crippen molar-refractivity contribution in [2.75, 3.05) is 0 Å². The second-order valence-electron chi connectivity index (χ2n) is 3.19. The summed E-state index contributed by atoms with van der Waals surface area (Å²) in [5, 5.41) is 0.752. The molecule has 2 atom stereocenters. The van der Waals surface area contributed by atoms with Gasteiger partial charge in [-0.1, -0.05) is 23.7 Å². The van der Waals surface area contributed by atoms with Crippen LogP contribution < -0.4 is 0 Å². The zero-order valence-electron chi connectivity index (χ0n) is 6.53. The summed E-state index contributed by atoms with van der Waals surface area (Å²) in [5.41, 5.74) is 1.23. The summed E-state index contributed by atoms with van der Waals surface area (Å²) in [6.07, 6.45) is 2.05. The van der Waals surface area contributed by atoms with Gasteiger partial charge < -0.3 is 4.79 Å². The molecule has 0 saturated heterocycles. The highest BCUT2D eigenvalue weighted by Gasteiger charge is 2.37. The highest BCUT2D eigenvalue weighted by atomic mass is 35.5. The maximum Gasteiger partial charge on any atom is 0.123 e. The van der Waals surface area contributed by atoms with Gasteiger partial charge in [-0.3, -0.25) is 0 Å². The number of aldehydes is 1. The molecule has 1 aliphatic carbocycles. The van der Waals surface area contributed by atoms with Gasteiger partial charge in [-0.05, 0) is 30.0 Å². The number of rotatable bonds is 2. The molecule has 1 saturated carbocycles. The maximum absolute atomic E-state index is 10.4. The van der Waals surface area contributed by atoms with Crippen LogP contribution in [0.15, 0.2) is 24.3 Å². The Balaban J connectivity index is 2.15. The molecule has 62 valence electrons. The maximum atomic E-state index is 10.4. The van der Waals surface area contributed by atoms with Crippen LogP contribution in [0.25, 0.3) is 0 Å². The summed E-state index contributed by atoms with van der Waals surface area (Å²) in [7, 11) is 0. The van der Waals surface area contributed by atoms with Crippen LogP contribution >= 0.6 is 11.6 Å². The van der Waals surface area contributed by atoms with Crippen molar-refractivity contribution in [2.45, 2.75) is 12.3 Å². The largest absolute Gasteiger partial charge is 0.303 e. The zero-order chi connectivity index (χ0) is 8.55. The molecular weight excluding hydrogens is 172 g/mol. The van der Waals surface area contributed by atoms with Crippen molar-refractivity contribution < 1.29 is 4.79 Å². The van der Waals surface area contributed by atoms with E-state index in [0.29, 0.717) is 5.92 Å². The molecule has 1 nitrogen and oxygen atoms in total. The van der Waals surface area contributed by atoms with E-state index in [1.165, 1.54) is 5.56 Å². The molecule has 1 fully saturated rings. The molecule has 0 aromatic heterocycles. The number of hydrogen-bond donors (Lipinski definition) is 0. The Kier molecular flexibility index (Phi) is 1.89. The van der Waals surface area contributed by atoms with Crippen molar-refractivity contribution in [3.8, 4) is 0 Å². The van der Waals surface area contributed by atoms with Crippen molar-refractivity contribution in [3.63, 3.8) is 0 Å². The van der Waals surface area contributed by atoms with E-state index in [0.717, 1.165) is 17.7 Å². The van der Waals surface area contributed by atoms with Crippen molar-refractivity contribution in [1.82, 2.24) is 0 Å². The monoisotopic (exact) mass is 180 g/mol. The fourth-order valence-electron chi connectivity index (χ4n) is 1.46. The van der Waals surface area contributed by atoms with Gasteiger partial charge >= 0.3 is 0 Å². The van der Waals surface area contributed by atoms with Crippen molar-refractivity contribution >= 4 is 17.9 Å². The van der Waals surface area contributed by atoms with Gasteiger partial charge in [-0.2, -0.15) is 0 Å². The third-order valence-electron chi connectivity index (χ3n) is 2.31. The average molecular weight is 181 g/mol. The number of benzene rings is 1. The van der Waals surface area contributed by atoms with Gasteiger partial charge in [0.25, 0.3) is 0 Å². The Labute approximate surface area is 76.4 Å². The number of carbonyl (C=O) groups excluding carboxylic acids is 1. The first-order valence-electron chi connectivity index (χ1n) is 4.02. The van der Waals surface area contributed by atoms with E-state index in [-0.39, 0.29) is 5.92 Å². The molecule has 12 heavy (non-hydrogen) atoms. The van der Waals surface area contributed by atoms with Crippen LogP contribution in [0.5, 0.6) is 0 Å². The average Bonchev–Trinajstić information content (AvgIpc) is 2.85. The first-order chi connectivity index (χ1) is 5.81. The van der Waals surface area contributed by atoms with Crippen LogP contribution in [0.3, 0.4) is 0 Å². The van der Waals surface area contributed by atoms with E-state index in [1.807, 2.05) is 24.3 Å². The predicted octanol–water partition coefficient (Wildman–Crippen LogP) is 2.64. The number of halogens is 1. The highest BCUT2D eigenvalue weighted by Crippen LogP contribution is 2.45. The molecule has 2 rings (SSSR count). The fraction of sp³-hybridized carbons (Fsp3) is 0.300. The molecule has 0 unspecified atom stereocenters. The lowest BCUT2D eigenvalue weighted by atomic mass is 10.1. The predicted molar refractivity (Wildman–Crippen MR) is 48.4 cm³/mol. The quantitative estimate of drug-likeness (QED) is 0.640. The Morgan fingerprint density at radius 3 is 2.50 bits per heavy atom. The molecule has 0 heterocycles. The molecule has 0 amide bonds.